The normalized spacial score (nSPS) is 12.7. The van der Waals surface area contributed by atoms with Crippen molar-refractivity contribution in [2.75, 3.05) is 0 Å². The van der Waals surface area contributed by atoms with Crippen LogP contribution in [0.4, 0.5) is 0 Å². The number of rotatable bonds is 3. The molecule has 0 aliphatic rings. The summed E-state index contributed by atoms with van der Waals surface area (Å²) in [6.07, 6.45) is 0. The summed E-state index contributed by atoms with van der Waals surface area (Å²) in [6.45, 7) is 3.87. The van der Waals surface area contributed by atoms with Crippen LogP contribution in [-0.4, -0.2) is 9.36 Å². The third-order valence-electron chi connectivity index (χ3n) is 2.19. The first-order chi connectivity index (χ1) is 8.06. The lowest BCUT2D eigenvalue weighted by Crippen LogP contribution is -2.04. The molecule has 0 bridgehead atoms. The van der Waals surface area contributed by atoms with Crippen LogP contribution in [0.1, 0.15) is 24.4 Å². The lowest BCUT2D eigenvalue weighted by atomic mass is 10.1. The quantitative estimate of drug-likeness (QED) is 0.930. The van der Waals surface area contributed by atoms with Crippen LogP contribution in [0.3, 0.4) is 0 Å². The second kappa shape index (κ2) is 5.48. The Morgan fingerprint density at radius 1 is 1.47 bits per heavy atom. The van der Waals surface area contributed by atoms with Gasteiger partial charge in [0.25, 0.3) is 0 Å². The standard InChI is InChI=1S/C11H12BrN3S2/c1-6(13)8-3-4-10(9(12)5-8)16-11-14-7(2)15-17-11/h3-6H,13H2,1-2H3/t6-/m1/s1. The lowest BCUT2D eigenvalue weighted by Gasteiger charge is -2.08. The molecule has 2 N–H and O–H groups in total. The van der Waals surface area contributed by atoms with Crippen LogP contribution in [0, 0.1) is 6.92 Å². The number of aromatic nitrogens is 2. The maximum Gasteiger partial charge on any atom is 0.174 e. The van der Waals surface area contributed by atoms with Gasteiger partial charge < -0.3 is 5.73 Å². The molecule has 0 fully saturated rings. The summed E-state index contributed by atoms with van der Waals surface area (Å²) in [5.74, 6) is 0.820. The monoisotopic (exact) mass is 329 g/mol. The second-order valence-corrected chi connectivity index (χ2v) is 6.58. The van der Waals surface area contributed by atoms with Crippen LogP contribution in [0.2, 0.25) is 0 Å². The molecular weight excluding hydrogens is 318 g/mol. The van der Waals surface area contributed by atoms with Gasteiger partial charge in [-0.1, -0.05) is 17.8 Å². The number of hydrogen-bond donors (Lipinski definition) is 1. The van der Waals surface area contributed by atoms with Gasteiger partial charge in [0.1, 0.15) is 5.82 Å². The number of nitrogens with two attached hydrogens (primary N) is 1. The molecule has 0 unspecified atom stereocenters. The van der Waals surface area contributed by atoms with Gasteiger partial charge in [0.05, 0.1) is 0 Å². The van der Waals surface area contributed by atoms with Crippen LogP contribution < -0.4 is 5.73 Å². The summed E-state index contributed by atoms with van der Waals surface area (Å²) in [4.78, 5) is 5.46. The molecule has 17 heavy (non-hydrogen) atoms. The average Bonchev–Trinajstić information content (AvgIpc) is 2.67. The second-order valence-electron chi connectivity index (χ2n) is 3.69. The lowest BCUT2D eigenvalue weighted by molar-refractivity contribution is 0.815. The van der Waals surface area contributed by atoms with Crippen molar-refractivity contribution in [3.05, 3.63) is 34.1 Å². The first-order valence-electron chi connectivity index (χ1n) is 5.09. The van der Waals surface area contributed by atoms with Crippen LogP contribution in [0.15, 0.2) is 31.9 Å². The molecule has 2 rings (SSSR count). The minimum Gasteiger partial charge on any atom is -0.324 e. The molecule has 0 spiro atoms. The maximum atomic E-state index is 5.84. The van der Waals surface area contributed by atoms with Crippen molar-refractivity contribution in [2.45, 2.75) is 29.1 Å². The Labute approximate surface area is 117 Å². The first kappa shape index (κ1) is 13.0. The van der Waals surface area contributed by atoms with Gasteiger partial charge >= 0.3 is 0 Å². The van der Waals surface area contributed by atoms with Crippen molar-refractivity contribution in [3.8, 4) is 0 Å². The van der Waals surface area contributed by atoms with E-state index < -0.39 is 0 Å². The molecular formula is C11H12BrN3S2. The van der Waals surface area contributed by atoms with E-state index in [-0.39, 0.29) is 6.04 Å². The zero-order chi connectivity index (χ0) is 12.4. The van der Waals surface area contributed by atoms with Crippen LogP contribution in [-0.2, 0) is 0 Å². The van der Waals surface area contributed by atoms with Crippen molar-refractivity contribution >= 4 is 39.2 Å². The summed E-state index contributed by atoms with van der Waals surface area (Å²) >= 11 is 6.59. The Bertz CT molecular complexity index is 525. The fourth-order valence-electron chi connectivity index (χ4n) is 1.30. The van der Waals surface area contributed by atoms with E-state index in [1.165, 1.54) is 11.5 Å². The first-order valence-corrected chi connectivity index (χ1v) is 7.48. The highest BCUT2D eigenvalue weighted by atomic mass is 79.9. The van der Waals surface area contributed by atoms with E-state index in [1.54, 1.807) is 11.8 Å². The van der Waals surface area contributed by atoms with Crippen LogP contribution in [0.5, 0.6) is 0 Å². The molecule has 3 nitrogen and oxygen atoms in total. The predicted molar refractivity (Wildman–Crippen MR) is 75.5 cm³/mol. The van der Waals surface area contributed by atoms with Gasteiger partial charge in [0.2, 0.25) is 0 Å². The van der Waals surface area contributed by atoms with E-state index in [1.807, 2.05) is 19.9 Å². The third kappa shape index (κ3) is 3.28. The highest BCUT2D eigenvalue weighted by molar-refractivity contribution is 9.10. The zero-order valence-electron chi connectivity index (χ0n) is 9.48. The molecule has 1 aromatic heterocycles. The fourth-order valence-corrected chi connectivity index (χ4v) is 3.55. The van der Waals surface area contributed by atoms with Gasteiger partial charge in [0, 0.05) is 15.4 Å². The molecule has 0 saturated carbocycles. The Kier molecular flexibility index (Phi) is 4.19. The third-order valence-corrected chi connectivity index (χ3v) is 5.02. The SMILES string of the molecule is Cc1nsc(Sc2ccc([C@@H](C)N)cc2Br)n1. The molecule has 0 amide bonds. The van der Waals surface area contributed by atoms with Gasteiger partial charge in [-0.05, 0) is 59.0 Å². The highest BCUT2D eigenvalue weighted by Gasteiger charge is 2.08. The number of halogens is 1. The summed E-state index contributed by atoms with van der Waals surface area (Å²) < 4.78 is 6.16. The topological polar surface area (TPSA) is 51.8 Å². The summed E-state index contributed by atoms with van der Waals surface area (Å²) in [5.41, 5.74) is 6.96. The molecule has 0 aliphatic carbocycles. The van der Waals surface area contributed by atoms with Crippen LogP contribution >= 0.6 is 39.2 Å². The van der Waals surface area contributed by atoms with Crippen molar-refractivity contribution in [3.63, 3.8) is 0 Å². The Balaban J connectivity index is 2.22. The van der Waals surface area contributed by atoms with E-state index in [0.717, 1.165) is 25.1 Å². The van der Waals surface area contributed by atoms with E-state index in [0.29, 0.717) is 0 Å². The zero-order valence-corrected chi connectivity index (χ0v) is 12.7. The van der Waals surface area contributed by atoms with E-state index >= 15 is 0 Å². The van der Waals surface area contributed by atoms with E-state index in [2.05, 4.69) is 37.4 Å². The Morgan fingerprint density at radius 3 is 2.76 bits per heavy atom. The number of nitrogens with zero attached hydrogens (tertiary/aromatic N) is 2. The molecule has 2 aromatic rings. The van der Waals surface area contributed by atoms with Crippen molar-refractivity contribution in [2.24, 2.45) is 5.73 Å². The average molecular weight is 330 g/mol. The molecule has 0 aliphatic heterocycles. The van der Waals surface area contributed by atoms with Crippen molar-refractivity contribution < 1.29 is 0 Å². The smallest absolute Gasteiger partial charge is 0.174 e. The van der Waals surface area contributed by atoms with Gasteiger partial charge in [0.15, 0.2) is 4.34 Å². The Morgan fingerprint density at radius 2 is 2.24 bits per heavy atom. The van der Waals surface area contributed by atoms with Gasteiger partial charge in [-0.15, -0.1) is 0 Å². The number of benzene rings is 1. The summed E-state index contributed by atoms with van der Waals surface area (Å²) in [7, 11) is 0. The molecule has 1 heterocycles. The number of hydrogen-bond acceptors (Lipinski definition) is 5. The predicted octanol–water partition coefficient (Wildman–Crippen LogP) is 3.78. The van der Waals surface area contributed by atoms with Crippen LogP contribution in [0.25, 0.3) is 0 Å². The molecule has 1 aromatic carbocycles. The van der Waals surface area contributed by atoms with Gasteiger partial charge in [-0.25, -0.2) is 4.98 Å². The number of aryl methyl sites for hydroxylation is 1. The van der Waals surface area contributed by atoms with Gasteiger partial charge in [-0.2, -0.15) is 4.37 Å². The molecule has 0 saturated heterocycles. The van der Waals surface area contributed by atoms with E-state index in [4.69, 9.17) is 5.73 Å². The molecule has 90 valence electrons. The largest absolute Gasteiger partial charge is 0.324 e. The fraction of sp³-hybridized carbons (Fsp3) is 0.273. The minimum atomic E-state index is 0.0501. The minimum absolute atomic E-state index is 0.0501. The molecule has 6 heteroatoms. The maximum absolute atomic E-state index is 5.84. The Hall–Kier alpha value is -0.430. The molecule has 1 atom stereocenters. The highest BCUT2D eigenvalue weighted by Crippen LogP contribution is 2.35. The summed E-state index contributed by atoms with van der Waals surface area (Å²) in [5, 5.41) is 0. The molecule has 0 radical (unpaired) electrons. The van der Waals surface area contributed by atoms with Crippen molar-refractivity contribution in [1.29, 1.82) is 0 Å². The van der Waals surface area contributed by atoms with Gasteiger partial charge in [-0.3, -0.25) is 0 Å². The van der Waals surface area contributed by atoms with Crippen molar-refractivity contribution in [1.82, 2.24) is 9.36 Å². The van der Waals surface area contributed by atoms with E-state index in [9.17, 15) is 0 Å². The summed E-state index contributed by atoms with van der Waals surface area (Å²) in [6, 6.07) is 6.21.